The van der Waals surface area contributed by atoms with Gasteiger partial charge in [0.25, 0.3) is 0 Å². The van der Waals surface area contributed by atoms with Crippen LogP contribution >= 0.6 is 0 Å². The fourth-order valence-electron chi connectivity index (χ4n) is 2.81. The molecule has 0 aromatic heterocycles. The molecule has 0 saturated carbocycles. The number of unbranched alkanes of at least 4 members (excludes halogenated alkanes) is 2. The number of hydrogen-bond donors (Lipinski definition) is 1. The highest BCUT2D eigenvalue weighted by Crippen LogP contribution is 2.29. The Balaban J connectivity index is 2.00. The molecule has 0 aliphatic heterocycles. The van der Waals surface area contributed by atoms with E-state index in [4.69, 9.17) is 14.2 Å². The predicted molar refractivity (Wildman–Crippen MR) is 127 cm³/mol. The van der Waals surface area contributed by atoms with Gasteiger partial charge in [0.2, 0.25) is 5.91 Å². The van der Waals surface area contributed by atoms with Crippen molar-refractivity contribution < 1.29 is 23.8 Å². The fraction of sp³-hybridized carbons (Fsp3) is 0.385. The molecule has 0 atom stereocenters. The van der Waals surface area contributed by atoms with Crippen molar-refractivity contribution in [1.29, 1.82) is 0 Å². The average Bonchev–Trinajstić information content (AvgIpc) is 2.79. The zero-order valence-electron chi connectivity index (χ0n) is 19.2. The fourth-order valence-corrected chi connectivity index (χ4v) is 2.81. The number of anilines is 1. The number of carbonyl (C=O) groups is 2. The maximum Gasteiger partial charge on any atom is 0.338 e. The van der Waals surface area contributed by atoms with E-state index >= 15 is 0 Å². The van der Waals surface area contributed by atoms with Gasteiger partial charge >= 0.3 is 5.97 Å². The van der Waals surface area contributed by atoms with Gasteiger partial charge in [-0.05, 0) is 61.7 Å². The Morgan fingerprint density at radius 2 is 1.69 bits per heavy atom. The second-order valence-electron chi connectivity index (χ2n) is 7.23. The summed E-state index contributed by atoms with van der Waals surface area (Å²) in [4.78, 5) is 24.5. The van der Waals surface area contributed by atoms with E-state index in [9.17, 15) is 9.59 Å². The third-order valence-electron chi connectivity index (χ3n) is 4.55. The zero-order valence-corrected chi connectivity index (χ0v) is 19.2. The molecule has 0 aliphatic carbocycles. The molecule has 0 heterocycles. The molecule has 0 fully saturated rings. The highest BCUT2D eigenvalue weighted by Gasteiger charge is 2.09. The molecule has 2 rings (SSSR count). The topological polar surface area (TPSA) is 73.9 Å². The summed E-state index contributed by atoms with van der Waals surface area (Å²) >= 11 is 0. The Kier molecular flexibility index (Phi) is 10.9. The first-order chi connectivity index (χ1) is 15.6. The van der Waals surface area contributed by atoms with Crippen LogP contribution in [0.1, 0.15) is 62.4 Å². The van der Waals surface area contributed by atoms with Crippen molar-refractivity contribution in [1.82, 2.24) is 0 Å². The van der Waals surface area contributed by atoms with Crippen LogP contribution in [-0.2, 0) is 9.53 Å². The minimum atomic E-state index is -0.394. The standard InChI is InChI=1S/C26H33NO5/c1-4-7-16-31-23-14-12-20(18-24(23)30-6-3)13-15-25(28)27-22-11-9-10-21(19-22)26(29)32-17-8-5-2/h9-15,18-19H,4-8,16-17H2,1-3H3,(H,27,28)/b15-13+. The van der Waals surface area contributed by atoms with Gasteiger partial charge in [0.1, 0.15) is 0 Å². The summed E-state index contributed by atoms with van der Waals surface area (Å²) in [6.07, 6.45) is 6.96. The molecule has 0 radical (unpaired) electrons. The van der Waals surface area contributed by atoms with Gasteiger partial charge in [-0.1, -0.05) is 38.8 Å². The van der Waals surface area contributed by atoms with E-state index in [1.54, 1.807) is 30.3 Å². The third kappa shape index (κ3) is 8.46. The summed E-state index contributed by atoms with van der Waals surface area (Å²) in [5.41, 5.74) is 1.75. The van der Waals surface area contributed by atoms with Crippen molar-refractivity contribution in [3.63, 3.8) is 0 Å². The van der Waals surface area contributed by atoms with Crippen molar-refractivity contribution >= 4 is 23.6 Å². The third-order valence-corrected chi connectivity index (χ3v) is 4.55. The van der Waals surface area contributed by atoms with Crippen molar-refractivity contribution in [3.8, 4) is 11.5 Å². The summed E-state index contributed by atoms with van der Waals surface area (Å²) in [7, 11) is 0. The summed E-state index contributed by atoms with van der Waals surface area (Å²) < 4.78 is 16.7. The Hall–Kier alpha value is -3.28. The SMILES string of the molecule is CCCCOC(=O)c1cccc(NC(=O)/C=C/c2ccc(OCCCC)c(OCC)c2)c1. The van der Waals surface area contributed by atoms with Crippen LogP contribution in [0.25, 0.3) is 6.08 Å². The molecule has 1 N–H and O–H groups in total. The minimum absolute atomic E-state index is 0.303. The minimum Gasteiger partial charge on any atom is -0.490 e. The molecule has 172 valence electrons. The van der Waals surface area contributed by atoms with Gasteiger partial charge in [-0.25, -0.2) is 4.79 Å². The monoisotopic (exact) mass is 439 g/mol. The van der Waals surface area contributed by atoms with Crippen LogP contribution in [0.2, 0.25) is 0 Å². The lowest BCUT2D eigenvalue weighted by Crippen LogP contribution is -2.10. The maximum absolute atomic E-state index is 12.4. The van der Waals surface area contributed by atoms with Crippen molar-refractivity contribution in [2.45, 2.75) is 46.5 Å². The smallest absolute Gasteiger partial charge is 0.338 e. The highest BCUT2D eigenvalue weighted by molar-refractivity contribution is 6.02. The van der Waals surface area contributed by atoms with Gasteiger partial charge in [0.05, 0.1) is 25.4 Å². The lowest BCUT2D eigenvalue weighted by atomic mass is 10.1. The van der Waals surface area contributed by atoms with E-state index < -0.39 is 5.97 Å². The van der Waals surface area contributed by atoms with Crippen LogP contribution in [0.3, 0.4) is 0 Å². The second kappa shape index (κ2) is 13.9. The van der Waals surface area contributed by atoms with Crippen LogP contribution in [0.15, 0.2) is 48.5 Å². The molecule has 0 spiro atoms. The Labute approximate surface area is 190 Å². The summed E-state index contributed by atoms with van der Waals surface area (Å²) in [5, 5.41) is 2.77. The van der Waals surface area contributed by atoms with E-state index in [-0.39, 0.29) is 5.91 Å². The summed E-state index contributed by atoms with van der Waals surface area (Å²) in [5.74, 6) is 0.655. The quantitative estimate of drug-likeness (QED) is 0.240. The summed E-state index contributed by atoms with van der Waals surface area (Å²) in [6.45, 7) is 7.61. The second-order valence-corrected chi connectivity index (χ2v) is 7.23. The van der Waals surface area contributed by atoms with Crippen molar-refractivity contribution in [3.05, 3.63) is 59.7 Å². The number of amides is 1. The molecule has 2 aromatic rings. The molecular weight excluding hydrogens is 406 g/mol. The first kappa shape index (κ1) is 25.0. The summed E-state index contributed by atoms with van der Waals surface area (Å²) in [6, 6.07) is 12.3. The van der Waals surface area contributed by atoms with E-state index in [1.807, 2.05) is 32.0 Å². The molecule has 0 unspecified atom stereocenters. The van der Waals surface area contributed by atoms with Crippen LogP contribution in [0.5, 0.6) is 11.5 Å². The Morgan fingerprint density at radius 3 is 2.44 bits per heavy atom. The van der Waals surface area contributed by atoms with Crippen molar-refractivity contribution in [2.75, 3.05) is 25.1 Å². The van der Waals surface area contributed by atoms with Crippen LogP contribution in [-0.4, -0.2) is 31.7 Å². The average molecular weight is 440 g/mol. The number of esters is 1. The largest absolute Gasteiger partial charge is 0.490 e. The van der Waals surface area contributed by atoms with Crippen LogP contribution < -0.4 is 14.8 Å². The van der Waals surface area contributed by atoms with Gasteiger partial charge in [-0.2, -0.15) is 0 Å². The molecule has 0 aliphatic rings. The van der Waals surface area contributed by atoms with E-state index in [2.05, 4.69) is 12.2 Å². The number of nitrogens with one attached hydrogen (secondary N) is 1. The first-order valence-electron chi connectivity index (χ1n) is 11.2. The van der Waals surface area contributed by atoms with Crippen LogP contribution in [0.4, 0.5) is 5.69 Å². The van der Waals surface area contributed by atoms with Gasteiger partial charge in [0.15, 0.2) is 11.5 Å². The normalized spacial score (nSPS) is 10.7. The highest BCUT2D eigenvalue weighted by atomic mass is 16.5. The Morgan fingerprint density at radius 1 is 0.906 bits per heavy atom. The van der Waals surface area contributed by atoms with Gasteiger partial charge in [-0.3, -0.25) is 4.79 Å². The predicted octanol–water partition coefficient (Wildman–Crippen LogP) is 5.87. The number of carbonyl (C=O) groups excluding carboxylic acids is 2. The molecular formula is C26H33NO5. The maximum atomic E-state index is 12.4. The van der Waals surface area contributed by atoms with Gasteiger partial charge in [-0.15, -0.1) is 0 Å². The van der Waals surface area contributed by atoms with Crippen LogP contribution in [0, 0.1) is 0 Å². The van der Waals surface area contributed by atoms with Crippen molar-refractivity contribution in [2.24, 2.45) is 0 Å². The van der Waals surface area contributed by atoms with E-state index in [0.717, 1.165) is 31.2 Å². The van der Waals surface area contributed by atoms with E-state index in [1.165, 1.54) is 6.08 Å². The lowest BCUT2D eigenvalue weighted by molar-refractivity contribution is -0.111. The molecule has 1 amide bonds. The molecule has 0 saturated heterocycles. The number of rotatable bonds is 13. The molecule has 0 bridgehead atoms. The van der Waals surface area contributed by atoms with Gasteiger partial charge < -0.3 is 19.5 Å². The number of ether oxygens (including phenoxy) is 3. The number of benzene rings is 2. The first-order valence-corrected chi connectivity index (χ1v) is 11.2. The molecule has 6 nitrogen and oxygen atoms in total. The molecule has 32 heavy (non-hydrogen) atoms. The Bertz CT molecular complexity index is 907. The zero-order chi connectivity index (χ0) is 23.2. The lowest BCUT2D eigenvalue weighted by Gasteiger charge is -2.12. The van der Waals surface area contributed by atoms with E-state index in [0.29, 0.717) is 42.6 Å². The number of hydrogen-bond acceptors (Lipinski definition) is 5. The van der Waals surface area contributed by atoms with Gasteiger partial charge in [0, 0.05) is 11.8 Å². The molecule has 2 aromatic carbocycles. The molecule has 6 heteroatoms.